The maximum Gasteiger partial charge on any atom is 0.514 e. The fourth-order valence-corrected chi connectivity index (χ4v) is 2.48. The fraction of sp³-hybridized carbons (Fsp3) is 0.667. The number of hydrogen-bond donors (Lipinski definition) is 0. The largest absolute Gasteiger partial charge is 0.514 e. The van der Waals surface area contributed by atoms with E-state index in [1.807, 2.05) is 6.20 Å². The van der Waals surface area contributed by atoms with Crippen molar-refractivity contribution in [1.29, 1.82) is 0 Å². The van der Waals surface area contributed by atoms with Gasteiger partial charge in [0.25, 0.3) is 0 Å². The second-order valence-corrected chi connectivity index (χ2v) is 6.81. The van der Waals surface area contributed by atoms with Crippen LogP contribution < -0.4 is 5.59 Å². The highest BCUT2D eigenvalue weighted by molar-refractivity contribution is 6.61. The molecule has 108 valence electrons. The second-order valence-electron chi connectivity index (χ2n) is 6.81. The summed E-state index contributed by atoms with van der Waals surface area (Å²) in [7, 11) is -0.364. The second kappa shape index (κ2) is 4.83. The minimum atomic E-state index is -0.364. The Hall–Kier alpha value is -0.905. The molecular formula is C15H23BN2O2. The lowest BCUT2D eigenvalue weighted by atomic mass is 9.83. The molecule has 0 bridgehead atoms. The summed E-state index contributed by atoms with van der Waals surface area (Å²) in [5.74, 6) is 0. The summed E-state index contributed by atoms with van der Waals surface area (Å²) in [6.45, 7) is 11.7. The van der Waals surface area contributed by atoms with Gasteiger partial charge in [0.1, 0.15) is 0 Å². The van der Waals surface area contributed by atoms with Crippen LogP contribution in [-0.4, -0.2) is 41.3 Å². The van der Waals surface area contributed by atoms with E-state index in [0.717, 1.165) is 12.1 Å². The normalized spacial score (nSPS) is 24.7. The zero-order valence-electron chi connectivity index (χ0n) is 12.8. The first-order chi connectivity index (χ1) is 9.37. The first kappa shape index (κ1) is 14.0. The Balaban J connectivity index is 1.76. The van der Waals surface area contributed by atoms with Gasteiger partial charge in [0.05, 0.1) is 16.8 Å². The average molecular weight is 274 g/mol. The predicted molar refractivity (Wildman–Crippen MR) is 79.8 cm³/mol. The molecule has 3 heterocycles. The summed E-state index contributed by atoms with van der Waals surface area (Å²) in [6.07, 6.45) is 3.17. The summed E-state index contributed by atoms with van der Waals surface area (Å²) in [5.41, 5.74) is 1.53. The van der Waals surface area contributed by atoms with Crippen molar-refractivity contribution in [2.24, 2.45) is 0 Å². The molecule has 0 aliphatic carbocycles. The van der Waals surface area contributed by atoms with E-state index in [1.54, 1.807) is 0 Å². The van der Waals surface area contributed by atoms with E-state index in [0.29, 0.717) is 0 Å². The summed E-state index contributed by atoms with van der Waals surface area (Å²) >= 11 is 0. The van der Waals surface area contributed by atoms with Crippen LogP contribution in [0.3, 0.4) is 0 Å². The Kier molecular flexibility index (Phi) is 3.39. The molecule has 2 aliphatic rings. The van der Waals surface area contributed by atoms with Gasteiger partial charge in [-0.05, 0) is 64.9 Å². The topological polar surface area (TPSA) is 34.6 Å². The highest BCUT2D eigenvalue weighted by atomic mass is 16.7. The van der Waals surface area contributed by atoms with Crippen LogP contribution in [-0.2, 0) is 15.9 Å². The van der Waals surface area contributed by atoms with Crippen molar-refractivity contribution in [1.82, 2.24) is 9.88 Å². The SMILES string of the molecule is CC1(C)OB(c2cc(CN3CCC3)ccn2)OC1(C)C. The van der Waals surface area contributed by atoms with Gasteiger partial charge >= 0.3 is 7.12 Å². The minimum absolute atomic E-state index is 0.313. The van der Waals surface area contributed by atoms with Gasteiger partial charge in [0.2, 0.25) is 0 Å². The summed E-state index contributed by atoms with van der Waals surface area (Å²) in [5, 5.41) is 0. The number of rotatable bonds is 3. The molecule has 2 saturated heterocycles. The Morgan fingerprint density at radius 2 is 1.85 bits per heavy atom. The van der Waals surface area contributed by atoms with E-state index in [4.69, 9.17) is 9.31 Å². The number of aromatic nitrogens is 1. The summed E-state index contributed by atoms with van der Waals surface area (Å²) < 4.78 is 12.1. The molecule has 0 amide bonds. The van der Waals surface area contributed by atoms with E-state index in [-0.39, 0.29) is 18.3 Å². The number of pyridine rings is 1. The summed E-state index contributed by atoms with van der Waals surface area (Å²) in [4.78, 5) is 6.87. The molecule has 0 atom stereocenters. The number of likely N-dealkylation sites (tertiary alicyclic amines) is 1. The van der Waals surface area contributed by atoms with Gasteiger partial charge in [-0.25, -0.2) is 0 Å². The van der Waals surface area contributed by atoms with E-state index in [9.17, 15) is 0 Å². The average Bonchev–Trinajstić information content (AvgIpc) is 2.54. The molecule has 20 heavy (non-hydrogen) atoms. The van der Waals surface area contributed by atoms with Gasteiger partial charge in [-0.3, -0.25) is 9.88 Å². The Labute approximate surface area is 121 Å². The van der Waals surface area contributed by atoms with Crippen molar-refractivity contribution in [2.45, 2.75) is 51.9 Å². The van der Waals surface area contributed by atoms with Crippen LogP contribution in [0.5, 0.6) is 0 Å². The lowest BCUT2D eigenvalue weighted by Gasteiger charge is -2.32. The van der Waals surface area contributed by atoms with Crippen molar-refractivity contribution >= 4 is 12.7 Å². The molecule has 1 aromatic rings. The van der Waals surface area contributed by atoms with Crippen LogP contribution >= 0.6 is 0 Å². The van der Waals surface area contributed by atoms with Gasteiger partial charge < -0.3 is 9.31 Å². The van der Waals surface area contributed by atoms with Gasteiger partial charge in [0.15, 0.2) is 0 Å². The Bertz CT molecular complexity index is 484. The lowest BCUT2D eigenvalue weighted by Crippen LogP contribution is -2.41. The maximum absolute atomic E-state index is 6.05. The third kappa shape index (κ3) is 2.50. The van der Waals surface area contributed by atoms with E-state index in [2.05, 4.69) is 49.7 Å². The van der Waals surface area contributed by atoms with Gasteiger partial charge in [-0.2, -0.15) is 0 Å². The third-order valence-corrected chi connectivity index (χ3v) is 4.70. The number of nitrogens with zero attached hydrogens (tertiary/aromatic N) is 2. The van der Waals surface area contributed by atoms with E-state index >= 15 is 0 Å². The fourth-order valence-electron chi connectivity index (χ4n) is 2.48. The predicted octanol–water partition coefficient (Wildman–Crippen LogP) is 1.59. The van der Waals surface area contributed by atoms with Crippen molar-refractivity contribution in [3.63, 3.8) is 0 Å². The first-order valence-corrected chi connectivity index (χ1v) is 7.40. The quantitative estimate of drug-likeness (QED) is 0.784. The molecule has 0 N–H and O–H groups in total. The van der Waals surface area contributed by atoms with Crippen molar-refractivity contribution < 1.29 is 9.31 Å². The molecule has 0 spiro atoms. The smallest absolute Gasteiger partial charge is 0.398 e. The Morgan fingerprint density at radius 3 is 2.40 bits per heavy atom. The Morgan fingerprint density at radius 1 is 1.20 bits per heavy atom. The van der Waals surface area contributed by atoms with Gasteiger partial charge in [-0.1, -0.05) is 0 Å². The zero-order valence-corrected chi connectivity index (χ0v) is 12.8. The van der Waals surface area contributed by atoms with E-state index < -0.39 is 0 Å². The van der Waals surface area contributed by atoms with Crippen LogP contribution in [0.15, 0.2) is 18.3 Å². The first-order valence-electron chi connectivity index (χ1n) is 7.40. The van der Waals surface area contributed by atoms with Crippen LogP contribution in [0, 0.1) is 0 Å². The van der Waals surface area contributed by atoms with Crippen LogP contribution in [0.2, 0.25) is 0 Å². The lowest BCUT2D eigenvalue weighted by molar-refractivity contribution is 0.00578. The van der Waals surface area contributed by atoms with Crippen molar-refractivity contribution in [3.05, 3.63) is 23.9 Å². The highest BCUT2D eigenvalue weighted by Gasteiger charge is 2.52. The third-order valence-electron chi connectivity index (χ3n) is 4.70. The van der Waals surface area contributed by atoms with Crippen molar-refractivity contribution in [3.8, 4) is 0 Å². The summed E-state index contributed by atoms with van der Waals surface area (Å²) in [6, 6.07) is 4.19. The minimum Gasteiger partial charge on any atom is -0.398 e. The van der Waals surface area contributed by atoms with Gasteiger partial charge in [0, 0.05) is 12.7 Å². The molecule has 2 fully saturated rings. The van der Waals surface area contributed by atoms with Crippen LogP contribution in [0.4, 0.5) is 0 Å². The molecular weight excluding hydrogens is 251 g/mol. The molecule has 2 aliphatic heterocycles. The molecule has 1 aromatic heterocycles. The van der Waals surface area contributed by atoms with Crippen molar-refractivity contribution in [2.75, 3.05) is 13.1 Å². The zero-order chi connectivity index (χ0) is 14.4. The molecule has 0 saturated carbocycles. The number of hydrogen-bond acceptors (Lipinski definition) is 4. The highest BCUT2D eigenvalue weighted by Crippen LogP contribution is 2.36. The molecule has 0 aromatic carbocycles. The monoisotopic (exact) mass is 274 g/mol. The molecule has 0 unspecified atom stereocenters. The van der Waals surface area contributed by atoms with Gasteiger partial charge in [-0.15, -0.1) is 0 Å². The molecule has 4 nitrogen and oxygen atoms in total. The molecule has 5 heteroatoms. The molecule has 0 radical (unpaired) electrons. The van der Waals surface area contributed by atoms with Crippen LogP contribution in [0.25, 0.3) is 0 Å². The van der Waals surface area contributed by atoms with Crippen LogP contribution in [0.1, 0.15) is 39.7 Å². The maximum atomic E-state index is 6.05. The molecule has 3 rings (SSSR count). The van der Waals surface area contributed by atoms with E-state index in [1.165, 1.54) is 25.1 Å². The standard InChI is InChI=1S/C15H23BN2O2/c1-14(2)15(3,4)20-16(19-14)13-10-12(6-7-17-13)11-18-8-5-9-18/h6-7,10H,5,8-9,11H2,1-4H3.